The summed E-state index contributed by atoms with van der Waals surface area (Å²) in [6.45, 7) is 4.97. The minimum absolute atomic E-state index is 0.374. The largest absolute Gasteiger partial charge is 0.377 e. The molecule has 69 valence electrons. The Morgan fingerprint density at radius 3 is 2.67 bits per heavy atom. The van der Waals surface area contributed by atoms with Crippen LogP contribution in [0.25, 0.3) is 0 Å². The molecular weight excluding hydrogens is 152 g/mol. The standard InChI is InChI=1S/C9H17N2O/c1-2-5-11(6-3-1)9-8-12-7-4-10-9/h9H,1-8H2. The third-order valence-corrected chi connectivity index (χ3v) is 2.65. The van der Waals surface area contributed by atoms with E-state index in [1.54, 1.807) is 0 Å². The van der Waals surface area contributed by atoms with Crippen molar-refractivity contribution in [1.29, 1.82) is 0 Å². The van der Waals surface area contributed by atoms with Crippen LogP contribution in [-0.4, -0.2) is 43.9 Å². The second-order valence-corrected chi connectivity index (χ2v) is 3.56. The van der Waals surface area contributed by atoms with Crippen LogP contribution >= 0.6 is 0 Å². The van der Waals surface area contributed by atoms with Gasteiger partial charge in [-0.25, -0.2) is 5.32 Å². The van der Waals surface area contributed by atoms with Gasteiger partial charge in [0.2, 0.25) is 0 Å². The molecule has 0 aromatic carbocycles. The van der Waals surface area contributed by atoms with Crippen molar-refractivity contribution < 1.29 is 4.74 Å². The Morgan fingerprint density at radius 1 is 1.17 bits per heavy atom. The number of hydrogen-bond acceptors (Lipinski definition) is 2. The number of piperidine rings is 1. The van der Waals surface area contributed by atoms with Crippen molar-refractivity contribution in [3.05, 3.63) is 0 Å². The highest BCUT2D eigenvalue weighted by Crippen LogP contribution is 2.12. The van der Waals surface area contributed by atoms with Crippen LogP contribution in [0.3, 0.4) is 0 Å². The van der Waals surface area contributed by atoms with Crippen molar-refractivity contribution in [3.63, 3.8) is 0 Å². The van der Waals surface area contributed by atoms with Crippen LogP contribution in [0.2, 0.25) is 0 Å². The number of rotatable bonds is 1. The van der Waals surface area contributed by atoms with E-state index in [-0.39, 0.29) is 0 Å². The first-order valence-electron chi connectivity index (χ1n) is 4.95. The molecule has 0 aromatic heterocycles. The summed E-state index contributed by atoms with van der Waals surface area (Å²) in [5.41, 5.74) is 0. The molecule has 1 unspecified atom stereocenters. The Balaban J connectivity index is 1.80. The molecule has 0 bridgehead atoms. The topological polar surface area (TPSA) is 26.6 Å². The maximum absolute atomic E-state index is 5.40. The van der Waals surface area contributed by atoms with Gasteiger partial charge in [-0.3, -0.25) is 4.90 Å². The summed E-state index contributed by atoms with van der Waals surface area (Å²) in [7, 11) is 0. The fourth-order valence-electron chi connectivity index (χ4n) is 1.95. The molecule has 2 aliphatic heterocycles. The van der Waals surface area contributed by atoms with Crippen LogP contribution in [0.5, 0.6) is 0 Å². The molecule has 0 N–H and O–H groups in total. The second-order valence-electron chi connectivity index (χ2n) is 3.56. The molecule has 0 saturated carbocycles. The summed E-state index contributed by atoms with van der Waals surface area (Å²) < 4.78 is 5.40. The first kappa shape index (κ1) is 8.48. The number of likely N-dealkylation sites (tertiary alicyclic amines) is 1. The van der Waals surface area contributed by atoms with Crippen molar-refractivity contribution in [2.45, 2.75) is 25.4 Å². The molecule has 2 fully saturated rings. The van der Waals surface area contributed by atoms with E-state index in [2.05, 4.69) is 10.2 Å². The molecule has 0 spiro atoms. The van der Waals surface area contributed by atoms with Gasteiger partial charge in [0.25, 0.3) is 0 Å². The summed E-state index contributed by atoms with van der Waals surface area (Å²) in [6.07, 6.45) is 4.45. The van der Waals surface area contributed by atoms with E-state index in [4.69, 9.17) is 4.74 Å². The van der Waals surface area contributed by atoms with Gasteiger partial charge in [-0.2, -0.15) is 0 Å². The molecule has 1 atom stereocenters. The van der Waals surface area contributed by atoms with Crippen LogP contribution in [0.15, 0.2) is 0 Å². The molecule has 0 aromatic rings. The average Bonchev–Trinajstić information content (AvgIpc) is 2.21. The molecule has 3 nitrogen and oxygen atoms in total. The zero-order valence-corrected chi connectivity index (χ0v) is 7.54. The van der Waals surface area contributed by atoms with Crippen molar-refractivity contribution >= 4 is 0 Å². The van der Waals surface area contributed by atoms with E-state index < -0.39 is 0 Å². The number of nitrogens with zero attached hydrogens (tertiary/aromatic N) is 2. The third kappa shape index (κ3) is 1.97. The van der Waals surface area contributed by atoms with Gasteiger partial charge in [0.05, 0.1) is 19.4 Å². The van der Waals surface area contributed by atoms with Crippen LogP contribution in [-0.2, 0) is 4.74 Å². The average molecular weight is 169 g/mol. The minimum atomic E-state index is 0.374. The van der Waals surface area contributed by atoms with Gasteiger partial charge in [-0.1, -0.05) is 6.42 Å². The van der Waals surface area contributed by atoms with Crippen LogP contribution < -0.4 is 5.32 Å². The number of ether oxygens (including phenoxy) is 1. The Labute approximate surface area is 74.1 Å². The quantitative estimate of drug-likeness (QED) is 0.569. The minimum Gasteiger partial charge on any atom is -0.377 e. The molecule has 0 aliphatic carbocycles. The smallest absolute Gasteiger partial charge is 0.0998 e. The van der Waals surface area contributed by atoms with Crippen molar-refractivity contribution in [3.8, 4) is 0 Å². The highest BCUT2D eigenvalue weighted by molar-refractivity contribution is 4.74. The Hall–Kier alpha value is -0.120. The Kier molecular flexibility index (Phi) is 2.98. The summed E-state index contributed by atoms with van der Waals surface area (Å²) in [5, 5.41) is 4.55. The lowest BCUT2D eigenvalue weighted by Gasteiger charge is -2.35. The highest BCUT2D eigenvalue weighted by Gasteiger charge is 2.23. The summed E-state index contributed by atoms with van der Waals surface area (Å²) in [6, 6.07) is 0. The molecule has 2 aliphatic rings. The van der Waals surface area contributed by atoms with E-state index in [1.807, 2.05) is 0 Å². The molecule has 2 rings (SSSR count). The van der Waals surface area contributed by atoms with E-state index in [9.17, 15) is 0 Å². The van der Waals surface area contributed by atoms with Gasteiger partial charge >= 0.3 is 0 Å². The molecule has 2 heterocycles. The van der Waals surface area contributed by atoms with Gasteiger partial charge in [-0.15, -0.1) is 0 Å². The summed E-state index contributed by atoms with van der Waals surface area (Å²) in [5.74, 6) is 0. The van der Waals surface area contributed by atoms with Crippen molar-refractivity contribution in [1.82, 2.24) is 10.2 Å². The van der Waals surface area contributed by atoms with Gasteiger partial charge < -0.3 is 4.74 Å². The molecule has 12 heavy (non-hydrogen) atoms. The van der Waals surface area contributed by atoms with E-state index in [1.165, 1.54) is 32.4 Å². The van der Waals surface area contributed by atoms with Gasteiger partial charge in [0.15, 0.2) is 0 Å². The lowest BCUT2D eigenvalue weighted by molar-refractivity contribution is -0.000494. The highest BCUT2D eigenvalue weighted by atomic mass is 16.5. The Bertz CT molecular complexity index is 112. The monoisotopic (exact) mass is 169 g/mol. The summed E-state index contributed by atoms with van der Waals surface area (Å²) >= 11 is 0. The Morgan fingerprint density at radius 2 is 2.00 bits per heavy atom. The predicted octanol–water partition coefficient (Wildman–Crippen LogP) is 0.433. The fourth-order valence-corrected chi connectivity index (χ4v) is 1.95. The van der Waals surface area contributed by atoms with Crippen LogP contribution in [0, 0.1) is 0 Å². The SMILES string of the molecule is C1CCN(C2COCC[N]2)CC1. The van der Waals surface area contributed by atoms with Gasteiger partial charge in [0, 0.05) is 6.54 Å². The van der Waals surface area contributed by atoms with Crippen molar-refractivity contribution in [2.75, 3.05) is 32.8 Å². The van der Waals surface area contributed by atoms with E-state index >= 15 is 0 Å². The number of morpholine rings is 1. The first-order valence-corrected chi connectivity index (χ1v) is 4.95. The lowest BCUT2D eigenvalue weighted by atomic mass is 10.1. The van der Waals surface area contributed by atoms with Crippen LogP contribution in [0.1, 0.15) is 19.3 Å². The fraction of sp³-hybridized carbons (Fsp3) is 1.00. The van der Waals surface area contributed by atoms with Crippen molar-refractivity contribution in [2.24, 2.45) is 0 Å². The lowest BCUT2D eigenvalue weighted by Crippen LogP contribution is -2.50. The maximum atomic E-state index is 5.40. The molecule has 2 saturated heterocycles. The zero-order valence-electron chi connectivity index (χ0n) is 7.54. The second kappa shape index (κ2) is 4.21. The molecule has 3 heteroatoms. The first-order chi connectivity index (χ1) is 5.97. The summed E-state index contributed by atoms with van der Waals surface area (Å²) in [4.78, 5) is 2.46. The maximum Gasteiger partial charge on any atom is 0.0998 e. The predicted molar refractivity (Wildman–Crippen MR) is 47.0 cm³/mol. The number of hydrogen-bond donors (Lipinski definition) is 0. The third-order valence-electron chi connectivity index (χ3n) is 2.65. The molecular formula is C9H17N2O. The normalized spacial score (nSPS) is 33.5. The van der Waals surface area contributed by atoms with E-state index in [0.29, 0.717) is 6.17 Å². The van der Waals surface area contributed by atoms with Crippen LogP contribution in [0.4, 0.5) is 0 Å². The van der Waals surface area contributed by atoms with Gasteiger partial charge in [-0.05, 0) is 25.9 Å². The molecule has 0 amide bonds. The molecule has 1 radical (unpaired) electrons. The zero-order chi connectivity index (χ0) is 8.23. The van der Waals surface area contributed by atoms with E-state index in [0.717, 1.165) is 19.8 Å². The van der Waals surface area contributed by atoms with Gasteiger partial charge in [0.1, 0.15) is 0 Å².